The van der Waals surface area contributed by atoms with Gasteiger partial charge in [-0.2, -0.15) is 0 Å². The first-order chi connectivity index (χ1) is 9.69. The molecule has 20 heavy (non-hydrogen) atoms. The lowest BCUT2D eigenvalue weighted by Gasteiger charge is -2.32. The number of nitrogens with zero attached hydrogens (tertiary/aromatic N) is 2. The molecule has 3 rings (SSSR count). The zero-order valence-corrected chi connectivity index (χ0v) is 13.2. The molecule has 1 unspecified atom stereocenters. The number of halogens is 1. The van der Waals surface area contributed by atoms with E-state index in [1.54, 1.807) is 11.8 Å². The molecular weight excluding hydrogens is 288 g/mol. The van der Waals surface area contributed by atoms with E-state index >= 15 is 0 Å². The maximum atomic E-state index is 5.98. The topological polar surface area (TPSA) is 15.6 Å². The van der Waals surface area contributed by atoms with Gasteiger partial charge in [0.05, 0.1) is 11.7 Å². The van der Waals surface area contributed by atoms with Crippen molar-refractivity contribution in [2.24, 2.45) is 4.99 Å². The Balaban J connectivity index is 1.94. The summed E-state index contributed by atoms with van der Waals surface area (Å²) in [5.74, 6) is 0. The van der Waals surface area contributed by atoms with Gasteiger partial charge in [-0.3, -0.25) is 0 Å². The first kappa shape index (κ1) is 13.8. The van der Waals surface area contributed by atoms with Gasteiger partial charge in [-0.05, 0) is 37.1 Å². The summed E-state index contributed by atoms with van der Waals surface area (Å²) in [5.41, 5.74) is 3.54. The molecule has 1 aromatic rings. The van der Waals surface area contributed by atoms with Crippen LogP contribution in [-0.2, 0) is 0 Å². The summed E-state index contributed by atoms with van der Waals surface area (Å²) in [6.45, 7) is 4.30. The van der Waals surface area contributed by atoms with Crippen molar-refractivity contribution in [2.75, 3.05) is 0 Å². The number of allylic oxidation sites excluding steroid dienone is 1. The standard InChI is InChI=1S/C16H17ClN2S/c1-3-4-14-9-11(2)18-16-19(14)15(10-20-16)12-5-7-13(17)8-6-12/h5-10,14H,3-4H2,1-2H3. The summed E-state index contributed by atoms with van der Waals surface area (Å²) < 4.78 is 0. The minimum absolute atomic E-state index is 0.407. The number of hydrogen-bond donors (Lipinski definition) is 0. The molecule has 104 valence electrons. The van der Waals surface area contributed by atoms with Crippen LogP contribution in [0.3, 0.4) is 0 Å². The number of rotatable bonds is 3. The molecule has 0 bridgehead atoms. The Kier molecular flexibility index (Phi) is 3.90. The van der Waals surface area contributed by atoms with Crippen molar-refractivity contribution in [1.82, 2.24) is 4.90 Å². The van der Waals surface area contributed by atoms with Crippen LogP contribution in [0.15, 0.2) is 46.4 Å². The molecule has 0 aliphatic carbocycles. The van der Waals surface area contributed by atoms with E-state index in [1.807, 2.05) is 12.1 Å². The van der Waals surface area contributed by atoms with Crippen LogP contribution >= 0.6 is 23.4 Å². The van der Waals surface area contributed by atoms with Crippen molar-refractivity contribution in [3.05, 3.63) is 52.0 Å². The molecule has 0 saturated heterocycles. The molecular formula is C16H17ClN2S. The predicted molar refractivity (Wildman–Crippen MR) is 88.7 cm³/mol. The van der Waals surface area contributed by atoms with Gasteiger partial charge in [-0.15, -0.1) is 0 Å². The average Bonchev–Trinajstić information content (AvgIpc) is 2.83. The fourth-order valence-electron chi connectivity index (χ4n) is 2.60. The lowest BCUT2D eigenvalue weighted by atomic mass is 10.1. The van der Waals surface area contributed by atoms with Gasteiger partial charge in [0.25, 0.3) is 0 Å². The summed E-state index contributed by atoms with van der Waals surface area (Å²) in [7, 11) is 0. The molecule has 1 aromatic carbocycles. The van der Waals surface area contributed by atoms with Crippen molar-refractivity contribution in [2.45, 2.75) is 32.7 Å². The third-order valence-electron chi connectivity index (χ3n) is 3.50. The largest absolute Gasteiger partial charge is 0.313 e. The highest BCUT2D eigenvalue weighted by Gasteiger charge is 2.31. The predicted octanol–water partition coefficient (Wildman–Crippen LogP) is 5.13. The van der Waals surface area contributed by atoms with Crippen molar-refractivity contribution in [3.8, 4) is 0 Å². The van der Waals surface area contributed by atoms with Crippen LogP contribution in [0.4, 0.5) is 0 Å². The third-order valence-corrected chi connectivity index (χ3v) is 4.60. The van der Waals surface area contributed by atoms with Gasteiger partial charge in [0.2, 0.25) is 0 Å². The van der Waals surface area contributed by atoms with Crippen LogP contribution < -0.4 is 0 Å². The number of hydrogen-bond acceptors (Lipinski definition) is 3. The van der Waals surface area contributed by atoms with E-state index in [-0.39, 0.29) is 0 Å². The number of benzene rings is 1. The van der Waals surface area contributed by atoms with Gasteiger partial charge >= 0.3 is 0 Å². The SMILES string of the molecule is CCCC1C=C(C)N=C2SC=C(c3ccc(Cl)cc3)N21. The molecule has 0 amide bonds. The highest BCUT2D eigenvalue weighted by molar-refractivity contribution is 8.16. The summed E-state index contributed by atoms with van der Waals surface area (Å²) in [5, 5.41) is 4.05. The van der Waals surface area contributed by atoms with Crippen LogP contribution in [0.5, 0.6) is 0 Å². The van der Waals surface area contributed by atoms with E-state index in [0.29, 0.717) is 6.04 Å². The Hall–Kier alpha value is -1.19. The monoisotopic (exact) mass is 304 g/mol. The van der Waals surface area contributed by atoms with E-state index < -0.39 is 0 Å². The number of thioether (sulfide) groups is 1. The Morgan fingerprint density at radius 3 is 2.75 bits per heavy atom. The summed E-state index contributed by atoms with van der Waals surface area (Å²) >= 11 is 7.69. The molecule has 2 aliphatic rings. The minimum atomic E-state index is 0.407. The molecule has 0 N–H and O–H groups in total. The number of aliphatic imine (C=N–C) groups is 1. The van der Waals surface area contributed by atoms with Crippen molar-refractivity contribution >= 4 is 34.2 Å². The quantitative estimate of drug-likeness (QED) is 0.769. The van der Waals surface area contributed by atoms with Crippen molar-refractivity contribution < 1.29 is 0 Å². The summed E-state index contributed by atoms with van der Waals surface area (Å²) in [6, 6.07) is 8.44. The highest BCUT2D eigenvalue weighted by atomic mass is 35.5. The Labute approximate surface area is 129 Å². The van der Waals surface area contributed by atoms with Gasteiger partial charge in [0.15, 0.2) is 5.17 Å². The molecule has 0 fully saturated rings. The van der Waals surface area contributed by atoms with Crippen molar-refractivity contribution in [1.29, 1.82) is 0 Å². The van der Waals surface area contributed by atoms with Crippen LogP contribution in [-0.4, -0.2) is 16.1 Å². The fourth-order valence-corrected chi connectivity index (χ4v) is 3.74. The molecule has 0 saturated carbocycles. The van der Waals surface area contributed by atoms with Crippen LogP contribution in [0.25, 0.3) is 5.70 Å². The van der Waals surface area contributed by atoms with Crippen molar-refractivity contribution in [3.63, 3.8) is 0 Å². The Morgan fingerprint density at radius 2 is 2.05 bits per heavy atom. The second kappa shape index (κ2) is 5.66. The minimum Gasteiger partial charge on any atom is -0.313 e. The molecule has 0 radical (unpaired) electrons. The second-order valence-corrected chi connectivity index (χ2v) is 6.33. The number of amidine groups is 1. The smallest absolute Gasteiger partial charge is 0.173 e. The first-order valence-electron chi connectivity index (χ1n) is 6.88. The Morgan fingerprint density at radius 1 is 1.30 bits per heavy atom. The lowest BCUT2D eigenvalue weighted by molar-refractivity contribution is 0.454. The molecule has 1 atom stereocenters. The maximum Gasteiger partial charge on any atom is 0.173 e. The van der Waals surface area contributed by atoms with Gasteiger partial charge in [0.1, 0.15) is 0 Å². The van der Waals surface area contributed by atoms with E-state index in [2.05, 4.69) is 47.4 Å². The first-order valence-corrected chi connectivity index (χ1v) is 8.14. The molecule has 0 aromatic heterocycles. The van der Waals surface area contributed by atoms with Gasteiger partial charge in [-0.25, -0.2) is 4.99 Å². The molecule has 0 spiro atoms. The normalized spacial score (nSPS) is 21.2. The molecule has 2 aliphatic heterocycles. The van der Waals surface area contributed by atoms with Gasteiger partial charge in [0, 0.05) is 16.1 Å². The van der Waals surface area contributed by atoms with Crippen LogP contribution in [0.2, 0.25) is 5.02 Å². The maximum absolute atomic E-state index is 5.98. The second-order valence-electron chi connectivity index (χ2n) is 5.06. The molecule has 4 heteroatoms. The van der Waals surface area contributed by atoms with E-state index in [4.69, 9.17) is 11.6 Å². The number of fused-ring (bicyclic) bond motifs is 1. The molecule has 2 heterocycles. The van der Waals surface area contributed by atoms with E-state index in [1.165, 1.54) is 11.3 Å². The zero-order valence-electron chi connectivity index (χ0n) is 11.6. The summed E-state index contributed by atoms with van der Waals surface area (Å²) in [4.78, 5) is 7.01. The molecule has 2 nitrogen and oxygen atoms in total. The highest BCUT2D eigenvalue weighted by Crippen LogP contribution is 2.39. The summed E-state index contributed by atoms with van der Waals surface area (Å²) in [6.07, 6.45) is 4.57. The lowest BCUT2D eigenvalue weighted by Crippen LogP contribution is -2.36. The fraction of sp³-hybridized carbons (Fsp3) is 0.312. The van der Waals surface area contributed by atoms with Crippen LogP contribution in [0.1, 0.15) is 32.3 Å². The average molecular weight is 305 g/mol. The van der Waals surface area contributed by atoms with Crippen LogP contribution in [0, 0.1) is 0 Å². The van der Waals surface area contributed by atoms with Gasteiger partial charge in [-0.1, -0.05) is 48.8 Å². The van der Waals surface area contributed by atoms with E-state index in [9.17, 15) is 0 Å². The van der Waals surface area contributed by atoms with Gasteiger partial charge < -0.3 is 4.90 Å². The Bertz CT molecular complexity index is 601. The third kappa shape index (κ3) is 2.52. The zero-order chi connectivity index (χ0) is 14.1. The van der Waals surface area contributed by atoms with E-state index in [0.717, 1.165) is 28.7 Å².